The van der Waals surface area contributed by atoms with Crippen molar-refractivity contribution in [1.82, 2.24) is 0 Å². The van der Waals surface area contributed by atoms with E-state index in [4.69, 9.17) is 9.84 Å². The molecular weight excluding hydrogens is 387 g/mol. The standard InChI is InChI=1S/C21H24F3NO4/c1-19(2,16-6-4-5-7-17(16)29-3)13-20(28,21(22,23)24)18(27)25-15-10-8-14(12-26)9-11-15/h4-11,26,28H,12-13H2,1-3H3,(H,25,27). The van der Waals surface area contributed by atoms with Gasteiger partial charge < -0.3 is 20.3 Å². The van der Waals surface area contributed by atoms with E-state index < -0.39 is 29.5 Å². The highest BCUT2D eigenvalue weighted by Gasteiger charge is 2.61. The van der Waals surface area contributed by atoms with Gasteiger partial charge in [0.25, 0.3) is 5.91 Å². The number of ether oxygens (including phenoxy) is 1. The maximum Gasteiger partial charge on any atom is 0.426 e. The topological polar surface area (TPSA) is 78.8 Å². The fourth-order valence-electron chi connectivity index (χ4n) is 3.18. The van der Waals surface area contributed by atoms with Crippen LogP contribution in [0.5, 0.6) is 5.75 Å². The number of para-hydroxylation sites is 1. The number of hydrogen-bond donors (Lipinski definition) is 3. The Hall–Kier alpha value is -2.58. The van der Waals surface area contributed by atoms with Crippen molar-refractivity contribution in [3.63, 3.8) is 0 Å². The molecule has 0 fully saturated rings. The third-order valence-electron chi connectivity index (χ3n) is 4.77. The third kappa shape index (κ3) is 4.89. The maximum absolute atomic E-state index is 13.8. The van der Waals surface area contributed by atoms with E-state index in [1.165, 1.54) is 45.2 Å². The summed E-state index contributed by atoms with van der Waals surface area (Å²) in [6, 6.07) is 12.2. The number of rotatable bonds is 7. The molecule has 0 aliphatic carbocycles. The summed E-state index contributed by atoms with van der Waals surface area (Å²) >= 11 is 0. The lowest BCUT2D eigenvalue weighted by Gasteiger charge is -2.37. The van der Waals surface area contributed by atoms with Gasteiger partial charge in [-0.2, -0.15) is 13.2 Å². The number of aliphatic hydroxyl groups excluding tert-OH is 1. The van der Waals surface area contributed by atoms with Crippen molar-refractivity contribution in [3.8, 4) is 5.75 Å². The summed E-state index contributed by atoms with van der Waals surface area (Å²) in [5, 5.41) is 21.7. The molecule has 2 aromatic rings. The minimum atomic E-state index is -5.21. The molecule has 2 rings (SSSR count). The average molecular weight is 411 g/mol. The van der Waals surface area contributed by atoms with Crippen LogP contribution >= 0.6 is 0 Å². The first-order chi connectivity index (χ1) is 13.4. The molecule has 1 amide bonds. The lowest BCUT2D eigenvalue weighted by molar-refractivity contribution is -0.254. The number of aliphatic hydroxyl groups is 2. The molecule has 0 saturated carbocycles. The van der Waals surface area contributed by atoms with Crippen molar-refractivity contribution >= 4 is 11.6 Å². The molecule has 5 nitrogen and oxygen atoms in total. The Bertz CT molecular complexity index is 850. The zero-order chi connectivity index (χ0) is 21.9. The van der Waals surface area contributed by atoms with E-state index in [0.29, 0.717) is 16.9 Å². The third-order valence-corrected chi connectivity index (χ3v) is 4.77. The minimum absolute atomic E-state index is 0.0740. The number of nitrogens with one attached hydrogen (secondary N) is 1. The summed E-state index contributed by atoms with van der Waals surface area (Å²) in [5.74, 6) is -1.22. The first-order valence-electron chi connectivity index (χ1n) is 8.88. The Morgan fingerprint density at radius 3 is 2.17 bits per heavy atom. The summed E-state index contributed by atoms with van der Waals surface area (Å²) in [7, 11) is 1.40. The van der Waals surface area contributed by atoms with Crippen LogP contribution in [0, 0.1) is 0 Å². The van der Waals surface area contributed by atoms with Crippen LogP contribution in [0.15, 0.2) is 48.5 Å². The number of alkyl halides is 3. The van der Waals surface area contributed by atoms with Crippen LogP contribution in [0.25, 0.3) is 0 Å². The number of carbonyl (C=O) groups is 1. The summed E-state index contributed by atoms with van der Waals surface area (Å²) in [5.41, 5.74) is -3.83. The average Bonchev–Trinajstić information content (AvgIpc) is 2.67. The van der Waals surface area contributed by atoms with E-state index in [1.54, 1.807) is 24.3 Å². The fourth-order valence-corrected chi connectivity index (χ4v) is 3.18. The van der Waals surface area contributed by atoms with Crippen molar-refractivity contribution in [3.05, 3.63) is 59.7 Å². The van der Waals surface area contributed by atoms with Gasteiger partial charge in [-0.05, 0) is 34.7 Å². The molecule has 0 aliphatic heterocycles. The minimum Gasteiger partial charge on any atom is -0.496 e. The highest BCUT2D eigenvalue weighted by Crippen LogP contribution is 2.44. The molecule has 0 heterocycles. The number of halogens is 3. The molecule has 3 N–H and O–H groups in total. The largest absolute Gasteiger partial charge is 0.496 e. The van der Waals surface area contributed by atoms with Crippen LogP contribution in [0.4, 0.5) is 18.9 Å². The van der Waals surface area contributed by atoms with Gasteiger partial charge in [-0.3, -0.25) is 4.79 Å². The molecule has 0 radical (unpaired) electrons. The van der Waals surface area contributed by atoms with E-state index in [2.05, 4.69) is 5.32 Å². The summed E-state index contributed by atoms with van der Waals surface area (Å²) in [4.78, 5) is 12.5. The van der Waals surface area contributed by atoms with E-state index >= 15 is 0 Å². The summed E-state index contributed by atoms with van der Waals surface area (Å²) < 4.78 is 46.7. The predicted octanol–water partition coefficient (Wildman–Crippen LogP) is 3.79. The highest BCUT2D eigenvalue weighted by molar-refractivity contribution is 5.98. The van der Waals surface area contributed by atoms with E-state index in [9.17, 15) is 23.1 Å². The second-order valence-electron chi connectivity index (χ2n) is 7.43. The fraction of sp³-hybridized carbons (Fsp3) is 0.381. The predicted molar refractivity (Wildman–Crippen MR) is 103 cm³/mol. The van der Waals surface area contributed by atoms with Gasteiger partial charge in [0.05, 0.1) is 13.7 Å². The SMILES string of the molecule is COc1ccccc1C(C)(C)CC(O)(C(=O)Nc1ccc(CO)cc1)C(F)(F)F. The smallest absolute Gasteiger partial charge is 0.426 e. The van der Waals surface area contributed by atoms with Crippen molar-refractivity contribution in [2.24, 2.45) is 0 Å². The zero-order valence-electron chi connectivity index (χ0n) is 16.4. The molecule has 0 aromatic heterocycles. The highest BCUT2D eigenvalue weighted by atomic mass is 19.4. The van der Waals surface area contributed by atoms with Crippen molar-refractivity contribution < 1.29 is 32.9 Å². The Balaban J connectivity index is 2.36. The van der Waals surface area contributed by atoms with Crippen LogP contribution in [-0.4, -0.2) is 35.0 Å². The quantitative estimate of drug-likeness (QED) is 0.648. The van der Waals surface area contributed by atoms with Crippen molar-refractivity contribution in [2.45, 2.75) is 44.1 Å². The number of hydrogen-bond acceptors (Lipinski definition) is 4. The normalized spacial score (nSPS) is 14.2. The molecule has 158 valence electrons. The van der Waals surface area contributed by atoms with Crippen LogP contribution in [-0.2, 0) is 16.8 Å². The Kier molecular flexibility index (Phi) is 6.60. The van der Waals surface area contributed by atoms with Gasteiger partial charge in [-0.15, -0.1) is 0 Å². The van der Waals surface area contributed by atoms with Crippen LogP contribution in [0.3, 0.4) is 0 Å². The lowest BCUT2D eigenvalue weighted by Crippen LogP contribution is -2.57. The second kappa shape index (κ2) is 8.42. The van der Waals surface area contributed by atoms with Gasteiger partial charge in [-0.25, -0.2) is 0 Å². The zero-order valence-corrected chi connectivity index (χ0v) is 16.4. The molecule has 8 heteroatoms. The molecule has 1 atom stereocenters. The number of amides is 1. The van der Waals surface area contributed by atoms with E-state index in [-0.39, 0.29) is 12.3 Å². The summed E-state index contributed by atoms with van der Waals surface area (Å²) in [6.07, 6.45) is -6.12. The van der Waals surface area contributed by atoms with Gasteiger partial charge >= 0.3 is 6.18 Å². The molecule has 0 saturated heterocycles. The molecule has 0 aliphatic rings. The van der Waals surface area contributed by atoms with Crippen LogP contribution < -0.4 is 10.1 Å². The second-order valence-corrected chi connectivity index (χ2v) is 7.43. The van der Waals surface area contributed by atoms with E-state index in [0.717, 1.165) is 0 Å². The Morgan fingerprint density at radius 1 is 1.07 bits per heavy atom. The van der Waals surface area contributed by atoms with Crippen molar-refractivity contribution in [1.29, 1.82) is 0 Å². The van der Waals surface area contributed by atoms with Gasteiger partial charge in [0.1, 0.15) is 5.75 Å². The summed E-state index contributed by atoms with van der Waals surface area (Å²) in [6.45, 7) is 2.77. The molecule has 2 aromatic carbocycles. The van der Waals surface area contributed by atoms with Gasteiger partial charge in [0.15, 0.2) is 0 Å². The maximum atomic E-state index is 13.8. The number of anilines is 1. The molecule has 29 heavy (non-hydrogen) atoms. The molecule has 0 spiro atoms. The molecular formula is C21H24F3NO4. The first-order valence-corrected chi connectivity index (χ1v) is 8.88. The molecule has 1 unspecified atom stereocenters. The number of carbonyl (C=O) groups excluding carboxylic acids is 1. The molecule has 0 bridgehead atoms. The van der Waals surface area contributed by atoms with Crippen molar-refractivity contribution in [2.75, 3.05) is 12.4 Å². The van der Waals surface area contributed by atoms with E-state index in [1.807, 2.05) is 0 Å². The monoisotopic (exact) mass is 411 g/mol. The number of methoxy groups -OCH3 is 1. The van der Waals surface area contributed by atoms with Gasteiger partial charge in [0.2, 0.25) is 5.60 Å². The van der Waals surface area contributed by atoms with Gasteiger partial charge in [0, 0.05) is 12.1 Å². The Morgan fingerprint density at radius 2 is 1.66 bits per heavy atom. The first kappa shape index (κ1) is 22.7. The van der Waals surface area contributed by atoms with Gasteiger partial charge in [-0.1, -0.05) is 44.2 Å². The van der Waals surface area contributed by atoms with Crippen LogP contribution in [0.2, 0.25) is 0 Å². The lowest BCUT2D eigenvalue weighted by atomic mass is 9.74. The van der Waals surface area contributed by atoms with Crippen LogP contribution in [0.1, 0.15) is 31.4 Å². The number of benzene rings is 2. The Labute approximate surface area is 167 Å².